The molecule has 0 aromatic heterocycles. The summed E-state index contributed by atoms with van der Waals surface area (Å²) < 4.78 is 11.3. The second-order valence-electron chi connectivity index (χ2n) is 9.46. The van der Waals surface area contributed by atoms with Crippen molar-refractivity contribution in [3.63, 3.8) is 0 Å². The first kappa shape index (κ1) is 26.0. The van der Waals surface area contributed by atoms with E-state index in [1.807, 2.05) is 52.0 Å². The summed E-state index contributed by atoms with van der Waals surface area (Å²) in [6.07, 6.45) is 1.33. The molecule has 0 amide bonds. The van der Waals surface area contributed by atoms with Crippen LogP contribution in [-0.2, 0) is 14.3 Å². The van der Waals surface area contributed by atoms with Crippen molar-refractivity contribution in [3.8, 4) is 11.5 Å². The molecule has 0 saturated carbocycles. The molecule has 2 aliphatic rings. The highest BCUT2D eigenvalue weighted by Crippen LogP contribution is 2.48. The standard InChI is InChI=1S/C29H32ClNO5/c1-5-16(3)36-29(34)26-17(4)31-22-13-20(18-7-10-21(30)11-8-18)14-24(33)28(22)27(26)19-9-12-23(32)25(15-19)35-6-2/h7-12,15-16,20,26-27,32H,5-6,13-14H2,1-4H3/t16-,20-,26?,27+/m1/s1. The number of hydrogen-bond acceptors (Lipinski definition) is 6. The molecule has 1 aliphatic heterocycles. The van der Waals surface area contributed by atoms with Crippen molar-refractivity contribution in [1.82, 2.24) is 0 Å². The first-order valence-corrected chi connectivity index (χ1v) is 12.8. The van der Waals surface area contributed by atoms with Crippen molar-refractivity contribution in [1.29, 1.82) is 0 Å². The van der Waals surface area contributed by atoms with Gasteiger partial charge >= 0.3 is 5.97 Å². The van der Waals surface area contributed by atoms with Crippen LogP contribution in [0.3, 0.4) is 0 Å². The monoisotopic (exact) mass is 509 g/mol. The van der Waals surface area contributed by atoms with Crippen LogP contribution in [0.25, 0.3) is 0 Å². The van der Waals surface area contributed by atoms with E-state index in [0.29, 0.717) is 59.2 Å². The molecular formula is C29H32ClNO5. The van der Waals surface area contributed by atoms with E-state index in [9.17, 15) is 14.7 Å². The SMILES string of the molecule is CCOc1cc([C@@H]2C3=C(C[C@@H](c4ccc(Cl)cc4)CC3=O)N=C(C)C2C(=O)O[C@H](C)CC)ccc1O. The van der Waals surface area contributed by atoms with Gasteiger partial charge in [0, 0.05) is 34.3 Å². The maximum Gasteiger partial charge on any atom is 0.315 e. The van der Waals surface area contributed by atoms with E-state index >= 15 is 0 Å². The maximum atomic E-state index is 13.7. The van der Waals surface area contributed by atoms with Gasteiger partial charge in [-0.3, -0.25) is 14.6 Å². The number of halogens is 1. The van der Waals surface area contributed by atoms with E-state index < -0.39 is 17.8 Å². The number of ether oxygens (including phenoxy) is 2. The molecule has 1 N–H and O–H groups in total. The third-order valence-corrected chi connectivity index (χ3v) is 7.27. The van der Waals surface area contributed by atoms with Gasteiger partial charge in [-0.05, 0) is 74.9 Å². The minimum Gasteiger partial charge on any atom is -0.504 e. The fourth-order valence-electron chi connectivity index (χ4n) is 5.05. The molecule has 4 atom stereocenters. The summed E-state index contributed by atoms with van der Waals surface area (Å²) in [5.41, 5.74) is 3.60. The van der Waals surface area contributed by atoms with Crippen LogP contribution in [0.1, 0.15) is 69.9 Å². The summed E-state index contributed by atoms with van der Waals surface area (Å²) >= 11 is 6.06. The number of ketones is 1. The number of benzene rings is 2. The number of Topliss-reactive ketones (excluding diaryl/α,β-unsaturated/α-hetero) is 1. The van der Waals surface area contributed by atoms with Crippen molar-refractivity contribution >= 4 is 29.1 Å². The molecule has 190 valence electrons. The molecule has 2 aromatic rings. The number of carbonyl (C=O) groups excluding carboxylic acids is 2. The summed E-state index contributed by atoms with van der Waals surface area (Å²) in [6, 6.07) is 12.6. The summed E-state index contributed by atoms with van der Waals surface area (Å²) in [7, 11) is 0. The fraction of sp³-hybridized carbons (Fsp3) is 0.414. The van der Waals surface area contributed by atoms with Gasteiger partial charge in [0.15, 0.2) is 17.3 Å². The quantitative estimate of drug-likeness (QED) is 0.439. The van der Waals surface area contributed by atoms with E-state index in [2.05, 4.69) is 0 Å². The van der Waals surface area contributed by atoms with Gasteiger partial charge in [-0.1, -0.05) is 36.7 Å². The Hall–Kier alpha value is -3.12. The van der Waals surface area contributed by atoms with Crippen LogP contribution in [0.4, 0.5) is 0 Å². The maximum absolute atomic E-state index is 13.7. The Labute approximate surface area is 217 Å². The molecule has 0 bridgehead atoms. The lowest BCUT2D eigenvalue weighted by molar-refractivity contribution is -0.151. The minimum atomic E-state index is -0.743. The van der Waals surface area contributed by atoms with Gasteiger partial charge in [0.05, 0.1) is 12.7 Å². The third-order valence-electron chi connectivity index (χ3n) is 7.02. The molecule has 0 saturated heterocycles. The highest BCUT2D eigenvalue weighted by Gasteiger charge is 2.45. The van der Waals surface area contributed by atoms with Crippen LogP contribution >= 0.6 is 11.6 Å². The Bertz CT molecular complexity index is 1220. The Kier molecular flexibility index (Phi) is 7.84. The number of esters is 1. The number of phenols is 1. The lowest BCUT2D eigenvalue weighted by Crippen LogP contribution is -2.39. The molecule has 2 aromatic carbocycles. The smallest absolute Gasteiger partial charge is 0.315 e. The van der Waals surface area contributed by atoms with Gasteiger partial charge < -0.3 is 14.6 Å². The first-order valence-electron chi connectivity index (χ1n) is 12.5. The van der Waals surface area contributed by atoms with E-state index in [1.54, 1.807) is 18.2 Å². The molecule has 0 radical (unpaired) electrons. The fourth-order valence-corrected chi connectivity index (χ4v) is 5.17. The lowest BCUT2D eigenvalue weighted by Gasteiger charge is -2.37. The molecule has 6 nitrogen and oxygen atoms in total. The highest BCUT2D eigenvalue weighted by molar-refractivity contribution is 6.30. The normalized spacial score (nSPS) is 22.5. The number of hydrogen-bond donors (Lipinski definition) is 1. The Morgan fingerprint density at radius 2 is 1.83 bits per heavy atom. The van der Waals surface area contributed by atoms with E-state index in [4.69, 9.17) is 26.1 Å². The molecular weight excluding hydrogens is 478 g/mol. The van der Waals surface area contributed by atoms with Gasteiger partial charge in [0.25, 0.3) is 0 Å². The van der Waals surface area contributed by atoms with Gasteiger partial charge in [-0.15, -0.1) is 0 Å². The van der Waals surface area contributed by atoms with E-state index in [1.165, 1.54) is 0 Å². The molecule has 4 rings (SSSR count). The summed E-state index contributed by atoms with van der Waals surface area (Å²) in [4.78, 5) is 31.9. The Balaban J connectivity index is 1.80. The van der Waals surface area contributed by atoms with Crippen LogP contribution in [0, 0.1) is 5.92 Å². The van der Waals surface area contributed by atoms with Crippen LogP contribution in [-0.4, -0.2) is 35.3 Å². The first-order chi connectivity index (χ1) is 17.2. The molecule has 0 fully saturated rings. The number of rotatable bonds is 7. The predicted octanol–water partition coefficient (Wildman–Crippen LogP) is 6.36. The lowest BCUT2D eigenvalue weighted by atomic mass is 9.69. The summed E-state index contributed by atoms with van der Waals surface area (Å²) in [6.45, 7) is 7.83. The topological polar surface area (TPSA) is 85.2 Å². The van der Waals surface area contributed by atoms with E-state index in [0.717, 1.165) is 5.56 Å². The van der Waals surface area contributed by atoms with Crippen molar-refractivity contribution in [2.45, 2.75) is 64.9 Å². The molecule has 1 unspecified atom stereocenters. The zero-order chi connectivity index (χ0) is 26.0. The van der Waals surface area contributed by atoms with Crippen molar-refractivity contribution in [2.24, 2.45) is 10.9 Å². The van der Waals surface area contributed by atoms with Crippen LogP contribution < -0.4 is 4.74 Å². The Morgan fingerprint density at radius 1 is 1.14 bits per heavy atom. The van der Waals surface area contributed by atoms with Gasteiger partial charge in [-0.2, -0.15) is 0 Å². The van der Waals surface area contributed by atoms with Crippen molar-refractivity contribution in [2.75, 3.05) is 6.61 Å². The minimum absolute atomic E-state index is 0.00695. The molecule has 36 heavy (non-hydrogen) atoms. The Morgan fingerprint density at radius 3 is 2.50 bits per heavy atom. The number of phenolic OH excluding ortho intramolecular Hbond substituents is 1. The van der Waals surface area contributed by atoms with Gasteiger partial charge in [-0.25, -0.2) is 0 Å². The predicted molar refractivity (Wildman–Crippen MR) is 140 cm³/mol. The number of aromatic hydroxyl groups is 1. The summed E-state index contributed by atoms with van der Waals surface area (Å²) in [5, 5.41) is 10.9. The zero-order valence-corrected chi connectivity index (χ0v) is 21.8. The average Bonchev–Trinajstić information content (AvgIpc) is 2.84. The number of nitrogens with zero attached hydrogens (tertiary/aromatic N) is 1. The van der Waals surface area contributed by atoms with Gasteiger partial charge in [0.2, 0.25) is 0 Å². The average molecular weight is 510 g/mol. The molecule has 0 spiro atoms. The largest absolute Gasteiger partial charge is 0.504 e. The summed E-state index contributed by atoms with van der Waals surface area (Å²) in [5.74, 6) is -1.46. The number of allylic oxidation sites excluding steroid dienone is 2. The van der Waals surface area contributed by atoms with Gasteiger partial charge in [0.1, 0.15) is 5.92 Å². The van der Waals surface area contributed by atoms with E-state index in [-0.39, 0.29) is 23.6 Å². The van der Waals surface area contributed by atoms with Crippen LogP contribution in [0.15, 0.2) is 58.7 Å². The number of aliphatic imine (C=N–C) groups is 1. The zero-order valence-electron chi connectivity index (χ0n) is 21.1. The van der Waals surface area contributed by atoms with Crippen molar-refractivity contribution < 1.29 is 24.2 Å². The van der Waals surface area contributed by atoms with Crippen molar-refractivity contribution in [3.05, 3.63) is 69.9 Å². The second kappa shape index (κ2) is 10.9. The third kappa shape index (κ3) is 5.19. The second-order valence-corrected chi connectivity index (χ2v) is 9.90. The highest BCUT2D eigenvalue weighted by atomic mass is 35.5. The molecule has 1 aliphatic carbocycles. The van der Waals surface area contributed by atoms with Crippen LogP contribution in [0.5, 0.6) is 11.5 Å². The number of carbonyl (C=O) groups is 2. The van der Waals surface area contributed by atoms with Crippen LogP contribution in [0.2, 0.25) is 5.02 Å². The molecule has 1 heterocycles. The molecule has 7 heteroatoms.